The van der Waals surface area contributed by atoms with Crippen molar-refractivity contribution in [1.29, 1.82) is 0 Å². The lowest BCUT2D eigenvalue weighted by Crippen LogP contribution is -2.11. The first-order valence-corrected chi connectivity index (χ1v) is 11.6. The number of aromatic nitrogens is 1. The Hall–Kier alpha value is -3.65. The number of halogens is 4. The van der Waals surface area contributed by atoms with Gasteiger partial charge < -0.3 is 18.8 Å². The molecule has 0 saturated heterocycles. The number of hydrogen-bond donors (Lipinski definition) is 0. The van der Waals surface area contributed by atoms with Gasteiger partial charge in [-0.1, -0.05) is 11.6 Å². The van der Waals surface area contributed by atoms with E-state index < -0.39 is 17.7 Å². The van der Waals surface area contributed by atoms with Gasteiger partial charge >= 0.3 is 12.1 Å². The maximum absolute atomic E-state index is 12.9. The van der Waals surface area contributed by atoms with Gasteiger partial charge in [0, 0.05) is 11.1 Å². The molecular weight excluding hydrogens is 495 g/mol. The van der Waals surface area contributed by atoms with Gasteiger partial charge in [0.15, 0.2) is 5.69 Å². The summed E-state index contributed by atoms with van der Waals surface area (Å²) >= 11 is 6.66. The van der Waals surface area contributed by atoms with E-state index in [-0.39, 0.29) is 29.2 Å². The van der Waals surface area contributed by atoms with Crippen molar-refractivity contribution >= 4 is 28.5 Å². The van der Waals surface area contributed by atoms with Gasteiger partial charge in [0.1, 0.15) is 17.2 Å². The Morgan fingerprint density at radius 2 is 1.56 bits per heavy atom. The molecule has 0 amide bonds. The summed E-state index contributed by atoms with van der Waals surface area (Å²) in [6.07, 6.45) is -4.42. The summed E-state index contributed by atoms with van der Waals surface area (Å²) in [6, 6.07) is 16.6. The molecule has 1 aromatic heterocycles. The Labute approximate surface area is 211 Å². The second-order valence-corrected chi connectivity index (χ2v) is 8.56. The SMILES string of the molecule is CCOC(=O)c1c(Cl)c2cc(Oc3ccc(C(F)(F)F)cc3)ccc2n1-c1ccc(OC(C)C)cc1. The van der Waals surface area contributed by atoms with E-state index >= 15 is 0 Å². The van der Waals surface area contributed by atoms with Crippen LogP contribution in [-0.2, 0) is 10.9 Å². The van der Waals surface area contributed by atoms with E-state index in [1.807, 2.05) is 26.0 Å². The lowest BCUT2D eigenvalue weighted by molar-refractivity contribution is -0.137. The summed E-state index contributed by atoms with van der Waals surface area (Å²) in [6.45, 7) is 5.72. The van der Waals surface area contributed by atoms with Gasteiger partial charge in [-0.15, -0.1) is 0 Å². The van der Waals surface area contributed by atoms with E-state index in [1.165, 1.54) is 12.1 Å². The van der Waals surface area contributed by atoms with Crippen molar-refractivity contribution < 1.29 is 32.2 Å². The molecule has 0 atom stereocenters. The first-order chi connectivity index (χ1) is 17.1. The quantitative estimate of drug-likeness (QED) is 0.233. The lowest BCUT2D eigenvalue weighted by Gasteiger charge is -2.13. The number of nitrogens with zero attached hydrogens (tertiary/aromatic N) is 1. The van der Waals surface area contributed by atoms with Crippen LogP contribution in [0.15, 0.2) is 66.7 Å². The number of hydrogen-bond acceptors (Lipinski definition) is 4. The van der Waals surface area contributed by atoms with Crippen LogP contribution in [0.1, 0.15) is 36.8 Å². The number of fused-ring (bicyclic) bond motifs is 1. The average molecular weight is 518 g/mol. The normalized spacial score (nSPS) is 11.7. The molecule has 0 unspecified atom stereocenters. The van der Waals surface area contributed by atoms with Crippen LogP contribution in [0.2, 0.25) is 5.02 Å². The van der Waals surface area contributed by atoms with Gasteiger partial charge in [-0.05, 0) is 87.5 Å². The second-order valence-electron chi connectivity index (χ2n) is 8.18. The molecule has 0 aliphatic carbocycles. The monoisotopic (exact) mass is 517 g/mol. The molecule has 36 heavy (non-hydrogen) atoms. The molecule has 4 rings (SSSR count). The standard InChI is InChI=1S/C27H23ClF3NO4/c1-4-34-26(33)25-24(28)22-15-21(36-20-9-5-17(6-10-20)27(29,30)31)13-14-23(22)32(25)18-7-11-19(12-8-18)35-16(2)3/h5-16H,4H2,1-3H3. The predicted molar refractivity (Wildman–Crippen MR) is 132 cm³/mol. The van der Waals surface area contributed by atoms with E-state index in [2.05, 4.69) is 0 Å². The third-order valence-corrected chi connectivity index (χ3v) is 5.61. The highest BCUT2D eigenvalue weighted by molar-refractivity contribution is 6.38. The summed E-state index contributed by atoms with van der Waals surface area (Å²) in [5, 5.41) is 0.690. The zero-order valence-electron chi connectivity index (χ0n) is 19.7. The molecule has 0 spiro atoms. The fourth-order valence-corrected chi connectivity index (χ4v) is 4.05. The van der Waals surface area contributed by atoms with Crippen LogP contribution in [0, 0.1) is 0 Å². The largest absolute Gasteiger partial charge is 0.491 e. The third kappa shape index (κ3) is 5.28. The van der Waals surface area contributed by atoms with Crippen LogP contribution in [-0.4, -0.2) is 23.2 Å². The number of alkyl halides is 3. The summed E-state index contributed by atoms with van der Waals surface area (Å²) in [5.74, 6) is 0.661. The summed E-state index contributed by atoms with van der Waals surface area (Å²) in [4.78, 5) is 12.9. The molecule has 0 fully saturated rings. The van der Waals surface area contributed by atoms with E-state index in [9.17, 15) is 18.0 Å². The topological polar surface area (TPSA) is 49.7 Å². The Morgan fingerprint density at radius 1 is 0.944 bits per heavy atom. The molecule has 188 valence electrons. The maximum Gasteiger partial charge on any atom is 0.416 e. The number of ether oxygens (including phenoxy) is 3. The number of carbonyl (C=O) groups is 1. The molecule has 5 nitrogen and oxygen atoms in total. The van der Waals surface area contributed by atoms with Gasteiger partial charge in [0.05, 0.1) is 28.8 Å². The van der Waals surface area contributed by atoms with Crippen LogP contribution in [0.3, 0.4) is 0 Å². The number of benzene rings is 3. The smallest absolute Gasteiger partial charge is 0.416 e. The molecule has 0 saturated carbocycles. The Bertz CT molecular complexity index is 1380. The van der Waals surface area contributed by atoms with Gasteiger partial charge in [0.2, 0.25) is 0 Å². The van der Waals surface area contributed by atoms with E-state index in [4.69, 9.17) is 25.8 Å². The number of carbonyl (C=O) groups excluding carboxylic acids is 1. The van der Waals surface area contributed by atoms with Gasteiger partial charge in [0.25, 0.3) is 0 Å². The zero-order chi connectivity index (χ0) is 26.0. The first kappa shape index (κ1) is 25.4. The Balaban J connectivity index is 1.75. The van der Waals surface area contributed by atoms with E-state index in [0.29, 0.717) is 28.1 Å². The molecule has 1 heterocycles. The molecular formula is C27H23ClF3NO4. The average Bonchev–Trinajstić information content (AvgIpc) is 3.11. The molecule has 0 bridgehead atoms. The summed E-state index contributed by atoms with van der Waals surface area (Å²) in [7, 11) is 0. The van der Waals surface area contributed by atoms with Crippen LogP contribution < -0.4 is 9.47 Å². The van der Waals surface area contributed by atoms with E-state index in [1.54, 1.807) is 41.8 Å². The summed E-state index contributed by atoms with van der Waals surface area (Å²) < 4.78 is 56.9. The van der Waals surface area contributed by atoms with Crippen LogP contribution in [0.25, 0.3) is 16.6 Å². The number of rotatable bonds is 7. The van der Waals surface area contributed by atoms with Crippen molar-refractivity contribution in [3.8, 4) is 22.9 Å². The molecule has 3 aromatic carbocycles. The van der Waals surface area contributed by atoms with Crippen molar-refractivity contribution in [2.75, 3.05) is 6.61 Å². The highest BCUT2D eigenvalue weighted by Gasteiger charge is 2.30. The molecule has 0 radical (unpaired) electrons. The molecule has 9 heteroatoms. The molecule has 4 aromatic rings. The third-order valence-electron chi connectivity index (χ3n) is 5.23. The van der Waals surface area contributed by atoms with E-state index in [0.717, 1.165) is 12.1 Å². The minimum absolute atomic E-state index is 0.0101. The van der Waals surface area contributed by atoms with Crippen molar-refractivity contribution in [3.63, 3.8) is 0 Å². The minimum atomic E-state index is -4.43. The van der Waals surface area contributed by atoms with Crippen molar-refractivity contribution in [1.82, 2.24) is 4.57 Å². The Kier molecular flexibility index (Phi) is 7.17. The zero-order valence-corrected chi connectivity index (χ0v) is 20.5. The number of esters is 1. The van der Waals surface area contributed by atoms with Crippen molar-refractivity contribution in [2.24, 2.45) is 0 Å². The fraction of sp³-hybridized carbons (Fsp3) is 0.222. The van der Waals surface area contributed by atoms with Crippen LogP contribution in [0.4, 0.5) is 13.2 Å². The predicted octanol–water partition coefficient (Wildman–Crippen LogP) is 8.06. The van der Waals surface area contributed by atoms with Crippen molar-refractivity contribution in [2.45, 2.75) is 33.1 Å². The first-order valence-electron chi connectivity index (χ1n) is 11.2. The van der Waals surface area contributed by atoms with Crippen LogP contribution in [0.5, 0.6) is 17.2 Å². The highest BCUT2D eigenvalue weighted by atomic mass is 35.5. The highest BCUT2D eigenvalue weighted by Crippen LogP contribution is 2.38. The van der Waals surface area contributed by atoms with Gasteiger partial charge in [-0.2, -0.15) is 13.2 Å². The Morgan fingerprint density at radius 3 is 2.14 bits per heavy atom. The van der Waals surface area contributed by atoms with Crippen molar-refractivity contribution in [3.05, 3.63) is 83.0 Å². The second kappa shape index (κ2) is 10.1. The van der Waals surface area contributed by atoms with Gasteiger partial charge in [-0.3, -0.25) is 0 Å². The van der Waals surface area contributed by atoms with Gasteiger partial charge in [-0.25, -0.2) is 4.79 Å². The molecule has 0 N–H and O–H groups in total. The van der Waals surface area contributed by atoms with Crippen LogP contribution >= 0.6 is 11.6 Å². The molecule has 0 aliphatic heterocycles. The minimum Gasteiger partial charge on any atom is -0.491 e. The summed E-state index contributed by atoms with van der Waals surface area (Å²) in [5.41, 5.74) is 0.676. The molecule has 0 aliphatic rings. The lowest BCUT2D eigenvalue weighted by atomic mass is 10.2. The fourth-order valence-electron chi connectivity index (χ4n) is 3.74. The maximum atomic E-state index is 12.9.